The van der Waals surface area contributed by atoms with Gasteiger partial charge in [0.2, 0.25) is 0 Å². The van der Waals surface area contributed by atoms with Crippen LogP contribution in [-0.2, 0) is 29.2 Å². The number of hydrogen-bond acceptors (Lipinski definition) is 6. The van der Waals surface area contributed by atoms with Crippen molar-refractivity contribution in [1.82, 2.24) is 0 Å². The molecule has 0 spiro atoms. The Labute approximate surface area is 169 Å². The van der Waals surface area contributed by atoms with Gasteiger partial charge in [-0.1, -0.05) is 0 Å². The molecule has 0 saturated heterocycles. The highest BCUT2D eigenvalue weighted by atomic mass is 32.2. The Morgan fingerprint density at radius 2 is 1.09 bits per heavy atom. The Kier molecular flexibility index (Phi) is 9.26. The highest BCUT2D eigenvalue weighted by Crippen LogP contribution is 2.36. The van der Waals surface area contributed by atoms with E-state index < -0.39 is 83.5 Å². The Bertz CT molecular complexity index is 776. The van der Waals surface area contributed by atoms with Crippen LogP contribution in [0.4, 0.5) is 52.7 Å². The Morgan fingerprint density at radius 1 is 0.750 bits per heavy atom. The molecule has 1 N–H and O–H groups in total. The summed E-state index contributed by atoms with van der Waals surface area (Å²) in [6.07, 6.45) is -24.1. The molecule has 0 aliphatic rings. The second-order valence-electron chi connectivity index (χ2n) is 5.81. The molecule has 0 amide bonds. The van der Waals surface area contributed by atoms with E-state index in [0.29, 0.717) is 0 Å². The van der Waals surface area contributed by atoms with Crippen LogP contribution in [0.2, 0.25) is 0 Å². The van der Waals surface area contributed by atoms with E-state index in [4.69, 9.17) is 4.55 Å². The fraction of sp³-hybridized carbons (Fsp3) is 0.833. The standard InChI is InChI=1S/C12H10F12O7S/c13-7(11(19,20)21)9(15,16)2-30-5(25)1-4(32(27,28)29)6(26)31-3-10(17,18)8(14)12(22,23)24/h4,7-8H,1-3H2,(H,27,28,29). The zero-order chi connectivity index (χ0) is 25.9. The SMILES string of the molecule is O=C(CC(C(=O)OCC(F)(F)C(F)C(F)(F)F)S(=O)(=O)O)OCC(F)(F)C(F)C(F)(F)F. The van der Waals surface area contributed by atoms with Crippen molar-refractivity contribution in [2.45, 2.75) is 48.2 Å². The third kappa shape index (κ3) is 8.87. The highest BCUT2D eigenvalue weighted by Gasteiger charge is 2.58. The van der Waals surface area contributed by atoms with Gasteiger partial charge in [0.25, 0.3) is 22.5 Å². The molecule has 190 valence electrons. The summed E-state index contributed by atoms with van der Waals surface area (Å²) in [6.45, 7) is -5.42. The number of halogens is 12. The number of hydrogen-bond donors (Lipinski definition) is 1. The Morgan fingerprint density at radius 3 is 1.41 bits per heavy atom. The van der Waals surface area contributed by atoms with Crippen molar-refractivity contribution in [2.75, 3.05) is 13.2 Å². The molecule has 3 unspecified atom stereocenters. The van der Waals surface area contributed by atoms with Crippen molar-refractivity contribution in [3.05, 3.63) is 0 Å². The molecule has 0 aromatic rings. The molecule has 0 aliphatic carbocycles. The van der Waals surface area contributed by atoms with Gasteiger partial charge in [-0.2, -0.15) is 52.3 Å². The van der Waals surface area contributed by atoms with Crippen LogP contribution in [0.1, 0.15) is 6.42 Å². The molecule has 20 heteroatoms. The summed E-state index contributed by atoms with van der Waals surface area (Å²) in [6, 6.07) is 0. The first-order valence-corrected chi connectivity index (χ1v) is 8.89. The summed E-state index contributed by atoms with van der Waals surface area (Å²) in [5, 5.41) is -3.31. The monoisotopic (exact) mass is 526 g/mol. The fourth-order valence-corrected chi connectivity index (χ4v) is 2.24. The van der Waals surface area contributed by atoms with Crippen LogP contribution in [0.15, 0.2) is 0 Å². The summed E-state index contributed by atoms with van der Waals surface area (Å²) in [5.74, 6) is -15.8. The fourth-order valence-electron chi connectivity index (χ4n) is 1.58. The van der Waals surface area contributed by atoms with Crippen molar-refractivity contribution in [2.24, 2.45) is 0 Å². The smallest absolute Gasteiger partial charge is 0.425 e. The van der Waals surface area contributed by atoms with Crippen LogP contribution in [0.25, 0.3) is 0 Å². The molecule has 3 atom stereocenters. The maximum Gasteiger partial charge on any atom is 0.425 e. The van der Waals surface area contributed by atoms with Crippen LogP contribution in [0.3, 0.4) is 0 Å². The molecule has 0 radical (unpaired) electrons. The highest BCUT2D eigenvalue weighted by molar-refractivity contribution is 7.87. The van der Waals surface area contributed by atoms with E-state index >= 15 is 0 Å². The van der Waals surface area contributed by atoms with Gasteiger partial charge in [0.1, 0.15) is 0 Å². The molecule has 0 fully saturated rings. The minimum atomic E-state index is -6.15. The number of carbonyl (C=O) groups is 2. The average molecular weight is 526 g/mol. The van der Waals surface area contributed by atoms with Gasteiger partial charge in [0.15, 0.2) is 18.5 Å². The largest absolute Gasteiger partial charge is 0.459 e. The molecule has 0 heterocycles. The van der Waals surface area contributed by atoms with Crippen LogP contribution in [0.5, 0.6) is 0 Å². The molecule has 0 saturated carbocycles. The van der Waals surface area contributed by atoms with Crippen molar-refractivity contribution < 1.29 is 84.7 Å². The Hall–Kier alpha value is -1.99. The van der Waals surface area contributed by atoms with Gasteiger partial charge in [0, 0.05) is 0 Å². The van der Waals surface area contributed by atoms with E-state index in [-0.39, 0.29) is 0 Å². The molecule has 0 aromatic carbocycles. The maximum absolute atomic E-state index is 13.0. The van der Waals surface area contributed by atoms with Crippen LogP contribution in [-0.4, -0.2) is 79.9 Å². The topological polar surface area (TPSA) is 107 Å². The molecule has 0 aromatic heterocycles. The summed E-state index contributed by atoms with van der Waals surface area (Å²) in [7, 11) is -5.85. The van der Waals surface area contributed by atoms with Gasteiger partial charge in [-0.3, -0.25) is 14.1 Å². The number of alkyl halides is 12. The molecule has 32 heavy (non-hydrogen) atoms. The van der Waals surface area contributed by atoms with E-state index in [0.717, 1.165) is 0 Å². The predicted octanol–water partition coefficient (Wildman–Crippen LogP) is 2.79. The van der Waals surface area contributed by atoms with Crippen LogP contribution >= 0.6 is 0 Å². The second kappa shape index (κ2) is 9.87. The molecule has 0 rings (SSSR count). The first-order chi connectivity index (χ1) is 13.9. The zero-order valence-electron chi connectivity index (χ0n) is 14.7. The first-order valence-electron chi connectivity index (χ1n) is 7.38. The molecule has 0 bridgehead atoms. The molecule has 7 nitrogen and oxygen atoms in total. The first kappa shape index (κ1) is 30.0. The van der Waals surface area contributed by atoms with E-state index in [1.54, 1.807) is 0 Å². The van der Waals surface area contributed by atoms with Crippen molar-refractivity contribution in [3.8, 4) is 0 Å². The van der Waals surface area contributed by atoms with Gasteiger partial charge in [-0.25, -0.2) is 8.78 Å². The summed E-state index contributed by atoms with van der Waals surface area (Å²) >= 11 is 0. The van der Waals surface area contributed by atoms with E-state index in [2.05, 4.69) is 9.47 Å². The lowest BCUT2D eigenvalue weighted by atomic mass is 10.2. The van der Waals surface area contributed by atoms with E-state index in [9.17, 15) is 70.7 Å². The average Bonchev–Trinajstić information content (AvgIpc) is 2.58. The lowest BCUT2D eigenvalue weighted by Gasteiger charge is -2.23. The summed E-state index contributed by atoms with van der Waals surface area (Å²) in [4.78, 5) is 22.7. The summed E-state index contributed by atoms with van der Waals surface area (Å²) in [5.41, 5.74) is 0. The normalized spacial score (nSPS) is 16.8. The number of ether oxygens (including phenoxy) is 2. The molecular weight excluding hydrogens is 516 g/mol. The predicted molar refractivity (Wildman–Crippen MR) is 73.7 cm³/mol. The van der Waals surface area contributed by atoms with Crippen LogP contribution < -0.4 is 0 Å². The third-order valence-electron chi connectivity index (χ3n) is 3.12. The van der Waals surface area contributed by atoms with E-state index in [1.165, 1.54) is 0 Å². The minimum Gasteiger partial charge on any atom is -0.459 e. The third-order valence-corrected chi connectivity index (χ3v) is 4.20. The zero-order valence-corrected chi connectivity index (χ0v) is 15.5. The lowest BCUT2D eigenvalue weighted by Crippen LogP contribution is -2.46. The second-order valence-corrected chi connectivity index (χ2v) is 7.41. The van der Waals surface area contributed by atoms with Gasteiger partial charge in [-0.15, -0.1) is 0 Å². The quantitative estimate of drug-likeness (QED) is 0.265. The summed E-state index contributed by atoms with van der Waals surface area (Å²) < 4.78 is 187. The molecule has 0 aliphatic heterocycles. The van der Waals surface area contributed by atoms with Crippen molar-refractivity contribution in [3.63, 3.8) is 0 Å². The van der Waals surface area contributed by atoms with Gasteiger partial charge >= 0.3 is 36.1 Å². The Balaban J connectivity index is 5.23. The van der Waals surface area contributed by atoms with Crippen LogP contribution in [0, 0.1) is 0 Å². The maximum atomic E-state index is 13.0. The van der Waals surface area contributed by atoms with E-state index in [1.807, 2.05) is 0 Å². The van der Waals surface area contributed by atoms with Gasteiger partial charge in [-0.05, 0) is 0 Å². The van der Waals surface area contributed by atoms with Gasteiger partial charge in [0.05, 0.1) is 6.42 Å². The number of carbonyl (C=O) groups excluding carboxylic acids is 2. The minimum absolute atomic E-state index is 2.10. The van der Waals surface area contributed by atoms with Crippen molar-refractivity contribution >= 4 is 22.1 Å². The molecular formula is C12H10F12O7S. The van der Waals surface area contributed by atoms with Gasteiger partial charge < -0.3 is 9.47 Å². The van der Waals surface area contributed by atoms with Crippen molar-refractivity contribution in [1.29, 1.82) is 0 Å². The lowest BCUT2D eigenvalue weighted by molar-refractivity contribution is -0.255. The number of esters is 2. The number of rotatable bonds is 10.